The van der Waals surface area contributed by atoms with Gasteiger partial charge in [0.1, 0.15) is 5.78 Å². The third kappa shape index (κ3) is 1.36. The minimum absolute atomic E-state index is 0.207. The van der Waals surface area contributed by atoms with Gasteiger partial charge in [0.05, 0.1) is 11.5 Å². The van der Waals surface area contributed by atoms with Crippen molar-refractivity contribution in [3.8, 4) is 6.07 Å². The summed E-state index contributed by atoms with van der Waals surface area (Å²) in [7, 11) is 0. The predicted molar refractivity (Wildman–Crippen MR) is 59.9 cm³/mol. The van der Waals surface area contributed by atoms with Crippen LogP contribution in [0.1, 0.15) is 42.7 Å². The van der Waals surface area contributed by atoms with E-state index in [0.717, 1.165) is 5.56 Å². The zero-order chi connectivity index (χ0) is 11.2. The number of rotatable bonds is 2. The van der Waals surface area contributed by atoms with E-state index >= 15 is 0 Å². The fraction of sp³-hybridized carbons (Fsp3) is 0.429. The quantitative estimate of drug-likeness (QED) is 0.754. The second-order valence-electron chi connectivity index (χ2n) is 4.99. The van der Waals surface area contributed by atoms with Gasteiger partial charge in [0.2, 0.25) is 0 Å². The first kappa shape index (κ1) is 9.59. The molecule has 0 bridgehead atoms. The molecule has 0 aromatic heterocycles. The molecule has 3 rings (SSSR count). The first-order valence-electron chi connectivity index (χ1n) is 5.77. The molecule has 0 radical (unpaired) electrons. The highest BCUT2D eigenvalue weighted by Gasteiger charge is 2.45. The Morgan fingerprint density at radius 2 is 2.06 bits per heavy atom. The van der Waals surface area contributed by atoms with Crippen LogP contribution in [-0.2, 0) is 10.2 Å². The molecule has 1 aromatic carbocycles. The lowest BCUT2D eigenvalue weighted by molar-refractivity contribution is -0.126. The largest absolute Gasteiger partial charge is 0.300 e. The molecule has 0 heterocycles. The minimum Gasteiger partial charge on any atom is -0.300 e. The fourth-order valence-electron chi connectivity index (χ4n) is 2.48. The molecule has 80 valence electrons. The standard InChI is InChI=1S/C14H13NO/c15-9-14(7-13(16)8-14)12-3-1-2-11(6-12)10-4-5-10/h1-3,6,10H,4-5,7-8H2. The van der Waals surface area contributed by atoms with Gasteiger partial charge in [-0.25, -0.2) is 0 Å². The summed E-state index contributed by atoms with van der Waals surface area (Å²) in [6, 6.07) is 10.6. The fourth-order valence-corrected chi connectivity index (χ4v) is 2.48. The summed E-state index contributed by atoms with van der Waals surface area (Å²) in [5, 5.41) is 9.25. The van der Waals surface area contributed by atoms with Crippen molar-refractivity contribution in [3.63, 3.8) is 0 Å². The van der Waals surface area contributed by atoms with Crippen molar-refractivity contribution in [3.05, 3.63) is 35.4 Å². The van der Waals surface area contributed by atoms with Crippen LogP contribution < -0.4 is 0 Å². The van der Waals surface area contributed by atoms with Crippen molar-refractivity contribution in [2.24, 2.45) is 0 Å². The number of carbonyl (C=O) groups is 1. The monoisotopic (exact) mass is 211 g/mol. The number of carbonyl (C=O) groups excluding carboxylic acids is 1. The molecule has 2 aliphatic carbocycles. The average Bonchev–Trinajstić information content (AvgIpc) is 3.08. The molecule has 0 N–H and O–H groups in total. The lowest BCUT2D eigenvalue weighted by Gasteiger charge is -2.34. The van der Waals surface area contributed by atoms with Gasteiger partial charge in [0, 0.05) is 12.8 Å². The van der Waals surface area contributed by atoms with E-state index in [4.69, 9.17) is 0 Å². The Bertz CT molecular complexity index is 486. The normalized spacial score (nSPS) is 22.3. The minimum atomic E-state index is -0.512. The van der Waals surface area contributed by atoms with E-state index in [2.05, 4.69) is 18.2 Å². The highest BCUT2D eigenvalue weighted by molar-refractivity contribution is 5.90. The Hall–Kier alpha value is -1.62. The molecular weight excluding hydrogens is 198 g/mol. The molecule has 2 aliphatic rings. The van der Waals surface area contributed by atoms with E-state index in [1.165, 1.54) is 18.4 Å². The van der Waals surface area contributed by atoms with Crippen LogP contribution in [0.2, 0.25) is 0 Å². The maximum Gasteiger partial charge on any atom is 0.136 e. The Morgan fingerprint density at radius 3 is 2.62 bits per heavy atom. The SMILES string of the molecule is N#CC1(c2cccc(C3CC3)c2)CC(=O)C1. The molecule has 0 unspecified atom stereocenters. The van der Waals surface area contributed by atoms with E-state index in [1.807, 2.05) is 12.1 Å². The van der Waals surface area contributed by atoms with Crippen LogP contribution in [0.25, 0.3) is 0 Å². The third-order valence-corrected chi connectivity index (χ3v) is 3.70. The molecule has 0 atom stereocenters. The van der Waals surface area contributed by atoms with E-state index in [1.54, 1.807) is 0 Å². The topological polar surface area (TPSA) is 40.9 Å². The van der Waals surface area contributed by atoms with E-state index < -0.39 is 5.41 Å². The maximum absolute atomic E-state index is 11.1. The van der Waals surface area contributed by atoms with Crippen molar-refractivity contribution in [2.45, 2.75) is 37.0 Å². The second kappa shape index (κ2) is 3.18. The van der Waals surface area contributed by atoms with E-state index in [0.29, 0.717) is 18.8 Å². The van der Waals surface area contributed by atoms with Crippen molar-refractivity contribution < 1.29 is 4.79 Å². The van der Waals surface area contributed by atoms with Crippen molar-refractivity contribution >= 4 is 5.78 Å². The van der Waals surface area contributed by atoms with Crippen LogP contribution in [0, 0.1) is 11.3 Å². The van der Waals surface area contributed by atoms with Crippen LogP contribution in [0.4, 0.5) is 0 Å². The number of nitrogens with zero attached hydrogens (tertiary/aromatic N) is 1. The molecule has 2 nitrogen and oxygen atoms in total. The van der Waals surface area contributed by atoms with Crippen LogP contribution in [0.3, 0.4) is 0 Å². The number of ketones is 1. The van der Waals surface area contributed by atoms with Crippen LogP contribution in [-0.4, -0.2) is 5.78 Å². The summed E-state index contributed by atoms with van der Waals surface area (Å²) in [5.41, 5.74) is 1.87. The van der Waals surface area contributed by atoms with Crippen LogP contribution in [0.15, 0.2) is 24.3 Å². The Morgan fingerprint density at radius 1 is 1.31 bits per heavy atom. The van der Waals surface area contributed by atoms with Gasteiger partial charge in [-0.15, -0.1) is 0 Å². The van der Waals surface area contributed by atoms with Gasteiger partial charge in [0.25, 0.3) is 0 Å². The smallest absolute Gasteiger partial charge is 0.136 e. The number of Topliss-reactive ketones (excluding diaryl/α,β-unsaturated/α-hetero) is 1. The van der Waals surface area contributed by atoms with Crippen LogP contribution in [0.5, 0.6) is 0 Å². The van der Waals surface area contributed by atoms with Gasteiger partial charge in [0.15, 0.2) is 0 Å². The Balaban J connectivity index is 1.96. The Kier molecular flexibility index (Phi) is 1.91. The number of nitriles is 1. The van der Waals surface area contributed by atoms with Gasteiger partial charge in [-0.2, -0.15) is 5.26 Å². The maximum atomic E-state index is 11.1. The van der Waals surface area contributed by atoms with Gasteiger partial charge in [-0.3, -0.25) is 4.79 Å². The molecule has 0 spiro atoms. The first-order valence-corrected chi connectivity index (χ1v) is 5.77. The van der Waals surface area contributed by atoms with Crippen LogP contribution >= 0.6 is 0 Å². The molecule has 2 saturated carbocycles. The zero-order valence-electron chi connectivity index (χ0n) is 9.07. The number of benzene rings is 1. The summed E-state index contributed by atoms with van der Waals surface area (Å²) >= 11 is 0. The number of hydrogen-bond acceptors (Lipinski definition) is 2. The van der Waals surface area contributed by atoms with Crippen molar-refractivity contribution in [2.75, 3.05) is 0 Å². The van der Waals surface area contributed by atoms with Crippen molar-refractivity contribution in [1.29, 1.82) is 5.26 Å². The van der Waals surface area contributed by atoms with E-state index in [9.17, 15) is 10.1 Å². The third-order valence-electron chi connectivity index (χ3n) is 3.70. The lowest BCUT2D eigenvalue weighted by Crippen LogP contribution is -2.40. The highest BCUT2D eigenvalue weighted by Crippen LogP contribution is 2.44. The summed E-state index contributed by atoms with van der Waals surface area (Å²) < 4.78 is 0. The predicted octanol–water partition coefficient (Wildman–Crippen LogP) is 2.69. The average molecular weight is 211 g/mol. The summed E-state index contributed by atoms with van der Waals surface area (Å²) in [5.74, 6) is 0.907. The van der Waals surface area contributed by atoms with E-state index in [-0.39, 0.29) is 5.78 Å². The molecule has 0 amide bonds. The molecule has 0 aliphatic heterocycles. The Labute approximate surface area is 94.9 Å². The van der Waals surface area contributed by atoms with Gasteiger partial charge < -0.3 is 0 Å². The molecule has 1 aromatic rings. The lowest BCUT2D eigenvalue weighted by atomic mass is 9.64. The van der Waals surface area contributed by atoms with Gasteiger partial charge >= 0.3 is 0 Å². The summed E-state index contributed by atoms with van der Waals surface area (Å²) in [6.45, 7) is 0. The van der Waals surface area contributed by atoms with Crippen molar-refractivity contribution in [1.82, 2.24) is 0 Å². The van der Waals surface area contributed by atoms with Gasteiger partial charge in [-0.05, 0) is 29.9 Å². The molecule has 2 heteroatoms. The summed E-state index contributed by atoms with van der Waals surface area (Å²) in [6.07, 6.45) is 3.33. The molecule has 2 fully saturated rings. The molecule has 0 saturated heterocycles. The zero-order valence-corrected chi connectivity index (χ0v) is 9.07. The highest BCUT2D eigenvalue weighted by atomic mass is 16.1. The first-order chi connectivity index (χ1) is 7.73. The second-order valence-corrected chi connectivity index (χ2v) is 4.99. The summed E-state index contributed by atoms with van der Waals surface area (Å²) in [4.78, 5) is 11.1. The van der Waals surface area contributed by atoms with Gasteiger partial charge in [-0.1, -0.05) is 24.3 Å². The molecular formula is C14H13NO. The number of hydrogen-bond donors (Lipinski definition) is 0. The molecule has 16 heavy (non-hydrogen) atoms.